The molecular formula is C16H17F3N2O2. The zero-order chi connectivity index (χ0) is 17.0. The van der Waals surface area contributed by atoms with Crippen LogP contribution in [0.15, 0.2) is 41.3 Å². The van der Waals surface area contributed by atoms with Crippen molar-refractivity contribution in [1.82, 2.24) is 9.88 Å². The van der Waals surface area contributed by atoms with Gasteiger partial charge in [0.05, 0.1) is 12.7 Å². The largest absolute Gasteiger partial charge is 0.491 e. The Morgan fingerprint density at radius 2 is 1.91 bits per heavy atom. The average Bonchev–Trinajstić information content (AvgIpc) is 2.46. The van der Waals surface area contributed by atoms with Crippen molar-refractivity contribution in [3.05, 3.63) is 63.6 Å². The predicted octanol–water partition coefficient (Wildman–Crippen LogP) is 3.03. The minimum atomic E-state index is -4.38. The van der Waals surface area contributed by atoms with Gasteiger partial charge >= 0.3 is 6.18 Å². The second-order valence-corrected chi connectivity index (χ2v) is 5.22. The van der Waals surface area contributed by atoms with Crippen molar-refractivity contribution in [3.63, 3.8) is 0 Å². The Bertz CT molecular complexity index is 726. The average molecular weight is 326 g/mol. The number of alkyl halides is 3. The molecule has 0 unspecified atom stereocenters. The van der Waals surface area contributed by atoms with Gasteiger partial charge in [-0.15, -0.1) is 0 Å². The van der Waals surface area contributed by atoms with E-state index in [4.69, 9.17) is 4.74 Å². The fourth-order valence-electron chi connectivity index (χ4n) is 2.32. The normalized spacial score (nSPS) is 11.7. The molecule has 0 saturated carbocycles. The summed E-state index contributed by atoms with van der Waals surface area (Å²) in [6, 6.07) is 6.85. The van der Waals surface area contributed by atoms with Crippen molar-refractivity contribution in [3.8, 4) is 5.75 Å². The first-order valence-corrected chi connectivity index (χ1v) is 6.90. The summed E-state index contributed by atoms with van der Waals surface area (Å²) in [6.45, 7) is 0.426. The van der Waals surface area contributed by atoms with E-state index in [0.717, 1.165) is 6.07 Å². The van der Waals surface area contributed by atoms with Gasteiger partial charge in [-0.1, -0.05) is 18.2 Å². The van der Waals surface area contributed by atoms with Gasteiger partial charge < -0.3 is 9.72 Å². The zero-order valence-electron chi connectivity index (χ0n) is 12.8. The highest BCUT2D eigenvalue weighted by Crippen LogP contribution is 2.32. The van der Waals surface area contributed by atoms with Crippen molar-refractivity contribution < 1.29 is 17.9 Å². The van der Waals surface area contributed by atoms with Gasteiger partial charge in [0, 0.05) is 31.0 Å². The van der Waals surface area contributed by atoms with Crippen LogP contribution in [-0.2, 0) is 19.3 Å². The van der Waals surface area contributed by atoms with Crippen LogP contribution in [0.5, 0.6) is 5.75 Å². The van der Waals surface area contributed by atoms with E-state index in [9.17, 15) is 18.0 Å². The molecule has 0 atom stereocenters. The van der Waals surface area contributed by atoms with Crippen LogP contribution in [-0.4, -0.2) is 24.0 Å². The van der Waals surface area contributed by atoms with Crippen molar-refractivity contribution in [2.24, 2.45) is 0 Å². The van der Waals surface area contributed by atoms with Gasteiger partial charge in [0.25, 0.3) is 0 Å². The number of benzene rings is 1. The summed E-state index contributed by atoms with van der Waals surface area (Å²) in [5.74, 6) is 0.193. The van der Waals surface area contributed by atoms with Crippen LogP contribution < -0.4 is 10.2 Å². The van der Waals surface area contributed by atoms with Crippen molar-refractivity contribution in [2.45, 2.75) is 19.3 Å². The van der Waals surface area contributed by atoms with Gasteiger partial charge in [0.1, 0.15) is 0 Å². The van der Waals surface area contributed by atoms with Crippen LogP contribution in [0.1, 0.15) is 16.8 Å². The molecule has 23 heavy (non-hydrogen) atoms. The number of hydrogen-bond donors (Lipinski definition) is 1. The van der Waals surface area contributed by atoms with Crippen LogP contribution in [0.4, 0.5) is 13.2 Å². The molecular weight excluding hydrogens is 309 g/mol. The Morgan fingerprint density at radius 3 is 2.52 bits per heavy atom. The van der Waals surface area contributed by atoms with Crippen LogP contribution >= 0.6 is 0 Å². The number of hydrogen-bond acceptors (Lipinski definition) is 3. The van der Waals surface area contributed by atoms with E-state index in [1.807, 2.05) is 0 Å². The summed E-state index contributed by atoms with van der Waals surface area (Å²) in [5.41, 5.74) is -0.124. The maximum atomic E-state index is 13.0. The SMILES string of the molecule is COc1c[nH]c(CN(C)Cc2ccccc2C(F)(F)F)cc1=O. The van der Waals surface area contributed by atoms with Gasteiger partial charge in [-0.2, -0.15) is 13.2 Å². The number of nitrogens with one attached hydrogen (secondary N) is 1. The third-order valence-corrected chi connectivity index (χ3v) is 3.36. The lowest BCUT2D eigenvalue weighted by molar-refractivity contribution is -0.138. The summed E-state index contributed by atoms with van der Waals surface area (Å²) in [4.78, 5) is 16.3. The van der Waals surface area contributed by atoms with E-state index in [0.29, 0.717) is 12.2 Å². The summed E-state index contributed by atoms with van der Waals surface area (Å²) >= 11 is 0. The maximum Gasteiger partial charge on any atom is 0.416 e. The molecule has 124 valence electrons. The first kappa shape index (κ1) is 17.1. The Hall–Kier alpha value is -2.28. The Morgan fingerprint density at radius 1 is 1.22 bits per heavy atom. The number of nitrogens with zero attached hydrogens (tertiary/aromatic N) is 1. The fourth-order valence-corrected chi connectivity index (χ4v) is 2.32. The van der Waals surface area contributed by atoms with Crippen LogP contribution in [0, 0.1) is 0 Å². The monoisotopic (exact) mass is 326 g/mol. The minimum Gasteiger partial charge on any atom is -0.491 e. The predicted molar refractivity (Wildman–Crippen MR) is 80.2 cm³/mol. The van der Waals surface area contributed by atoms with E-state index < -0.39 is 11.7 Å². The molecule has 2 aromatic rings. The molecule has 1 aromatic carbocycles. The lowest BCUT2D eigenvalue weighted by atomic mass is 10.1. The molecule has 7 heteroatoms. The number of pyridine rings is 1. The van der Waals surface area contributed by atoms with E-state index in [2.05, 4.69) is 4.98 Å². The quantitative estimate of drug-likeness (QED) is 0.919. The molecule has 0 bridgehead atoms. The first-order chi connectivity index (χ1) is 10.8. The summed E-state index contributed by atoms with van der Waals surface area (Å²) < 4.78 is 43.8. The Labute approximate surface area is 131 Å². The van der Waals surface area contributed by atoms with Crippen LogP contribution in [0.2, 0.25) is 0 Å². The van der Waals surface area contributed by atoms with Crippen LogP contribution in [0.3, 0.4) is 0 Å². The molecule has 0 spiro atoms. The topological polar surface area (TPSA) is 45.3 Å². The first-order valence-electron chi connectivity index (χ1n) is 6.90. The highest BCUT2D eigenvalue weighted by molar-refractivity contribution is 5.29. The maximum absolute atomic E-state index is 13.0. The molecule has 0 radical (unpaired) electrons. The van der Waals surface area contributed by atoms with Gasteiger partial charge in [-0.25, -0.2) is 0 Å². The minimum absolute atomic E-state index is 0.115. The van der Waals surface area contributed by atoms with Crippen molar-refractivity contribution in [1.29, 1.82) is 0 Å². The molecule has 1 N–H and O–H groups in total. The second kappa shape index (κ2) is 6.87. The van der Waals surface area contributed by atoms with E-state index in [1.165, 1.54) is 31.5 Å². The molecule has 0 amide bonds. The van der Waals surface area contributed by atoms with E-state index in [1.54, 1.807) is 18.0 Å². The van der Waals surface area contributed by atoms with Crippen molar-refractivity contribution >= 4 is 0 Å². The molecule has 2 rings (SSSR count). The smallest absolute Gasteiger partial charge is 0.416 e. The molecule has 0 aliphatic carbocycles. The third kappa shape index (κ3) is 4.35. The lowest BCUT2D eigenvalue weighted by Crippen LogP contribution is -2.21. The number of halogens is 3. The van der Waals surface area contributed by atoms with Gasteiger partial charge in [0.2, 0.25) is 5.43 Å². The highest BCUT2D eigenvalue weighted by atomic mass is 19.4. The number of aromatic nitrogens is 1. The standard InChI is InChI=1S/C16H17F3N2O2/c1-21(10-12-7-14(22)15(23-2)8-20-12)9-11-5-3-4-6-13(11)16(17,18)19/h3-8H,9-10H2,1-2H3,(H,20,22). The van der Waals surface area contributed by atoms with Gasteiger partial charge in [-0.05, 0) is 18.7 Å². The number of methoxy groups -OCH3 is 1. The molecule has 4 nitrogen and oxygen atoms in total. The number of aromatic amines is 1. The second-order valence-electron chi connectivity index (χ2n) is 5.22. The van der Waals surface area contributed by atoms with Crippen LogP contribution in [0.25, 0.3) is 0 Å². The number of H-pyrrole nitrogens is 1. The van der Waals surface area contributed by atoms with E-state index in [-0.39, 0.29) is 23.3 Å². The van der Waals surface area contributed by atoms with E-state index >= 15 is 0 Å². The summed E-state index contributed by atoms with van der Waals surface area (Å²) in [5, 5.41) is 0. The molecule has 0 aliphatic heterocycles. The summed E-state index contributed by atoms with van der Waals surface area (Å²) in [6.07, 6.45) is -2.94. The lowest BCUT2D eigenvalue weighted by Gasteiger charge is -2.20. The van der Waals surface area contributed by atoms with Gasteiger partial charge in [-0.3, -0.25) is 9.69 Å². The van der Waals surface area contributed by atoms with Crippen molar-refractivity contribution in [2.75, 3.05) is 14.2 Å². The Balaban J connectivity index is 2.13. The number of rotatable bonds is 5. The molecule has 0 saturated heterocycles. The molecule has 0 aliphatic rings. The molecule has 1 heterocycles. The highest BCUT2D eigenvalue weighted by Gasteiger charge is 2.32. The molecule has 1 aromatic heterocycles. The molecule has 0 fully saturated rings. The van der Waals surface area contributed by atoms with Gasteiger partial charge in [0.15, 0.2) is 5.75 Å². The number of ether oxygens (including phenoxy) is 1. The summed E-state index contributed by atoms with van der Waals surface area (Å²) in [7, 11) is 3.08. The third-order valence-electron chi connectivity index (χ3n) is 3.36. The zero-order valence-corrected chi connectivity index (χ0v) is 12.8. The Kier molecular flexibility index (Phi) is 5.10. The fraction of sp³-hybridized carbons (Fsp3) is 0.312.